The van der Waals surface area contributed by atoms with E-state index in [1.807, 2.05) is 36.5 Å². The number of hydrogen-bond acceptors (Lipinski definition) is 4. The van der Waals surface area contributed by atoms with Crippen molar-refractivity contribution in [1.29, 1.82) is 0 Å². The number of aromatic nitrogens is 1. The van der Waals surface area contributed by atoms with Crippen molar-refractivity contribution in [2.24, 2.45) is 0 Å². The smallest absolute Gasteiger partial charge is 0.261 e. The molecule has 0 fully saturated rings. The minimum atomic E-state index is -0.213. The van der Waals surface area contributed by atoms with Gasteiger partial charge >= 0.3 is 0 Å². The SMILES string of the molecule is O=C1c2ccccc2C(=O)N1CCc1ncc(-c2ccccc2)s1. The molecule has 0 N–H and O–H groups in total. The van der Waals surface area contributed by atoms with Crippen LogP contribution in [0.5, 0.6) is 0 Å². The first kappa shape index (κ1) is 14.8. The second kappa shape index (κ2) is 6.02. The maximum absolute atomic E-state index is 12.3. The van der Waals surface area contributed by atoms with Gasteiger partial charge in [0.2, 0.25) is 0 Å². The van der Waals surface area contributed by atoms with E-state index in [-0.39, 0.29) is 11.8 Å². The molecule has 0 atom stereocenters. The quantitative estimate of drug-likeness (QED) is 0.684. The summed E-state index contributed by atoms with van der Waals surface area (Å²) in [6, 6.07) is 17.0. The number of fused-ring (bicyclic) bond motifs is 1. The maximum Gasteiger partial charge on any atom is 0.261 e. The maximum atomic E-state index is 12.3. The third-order valence-electron chi connectivity index (χ3n) is 4.04. The van der Waals surface area contributed by atoms with Crippen LogP contribution in [0.1, 0.15) is 25.7 Å². The summed E-state index contributed by atoms with van der Waals surface area (Å²) in [7, 11) is 0. The molecule has 0 aliphatic carbocycles. The van der Waals surface area contributed by atoms with Crippen LogP contribution in [0, 0.1) is 0 Å². The van der Waals surface area contributed by atoms with Crippen molar-refractivity contribution in [3.63, 3.8) is 0 Å². The Labute approximate surface area is 143 Å². The van der Waals surface area contributed by atoms with Gasteiger partial charge in [0.25, 0.3) is 11.8 Å². The van der Waals surface area contributed by atoms with Crippen LogP contribution in [0.3, 0.4) is 0 Å². The summed E-state index contributed by atoms with van der Waals surface area (Å²) in [6.45, 7) is 0.355. The molecule has 0 saturated carbocycles. The molecule has 0 unspecified atom stereocenters. The van der Waals surface area contributed by atoms with Crippen LogP contribution >= 0.6 is 11.3 Å². The molecule has 4 rings (SSSR count). The third-order valence-corrected chi connectivity index (χ3v) is 5.15. The molecular formula is C19H14N2O2S. The van der Waals surface area contributed by atoms with E-state index in [9.17, 15) is 9.59 Å². The first-order valence-corrected chi connectivity index (χ1v) is 8.51. The molecule has 5 heteroatoms. The molecule has 4 nitrogen and oxygen atoms in total. The highest BCUT2D eigenvalue weighted by molar-refractivity contribution is 7.15. The predicted molar refractivity (Wildman–Crippen MR) is 93.1 cm³/mol. The molecule has 0 radical (unpaired) electrons. The number of carbonyl (C=O) groups excluding carboxylic acids is 2. The monoisotopic (exact) mass is 334 g/mol. The average Bonchev–Trinajstić information content (AvgIpc) is 3.19. The number of hydrogen-bond donors (Lipinski definition) is 0. The Morgan fingerprint density at radius 3 is 2.17 bits per heavy atom. The van der Waals surface area contributed by atoms with E-state index in [2.05, 4.69) is 4.98 Å². The minimum Gasteiger partial charge on any atom is -0.274 e. The summed E-state index contributed by atoms with van der Waals surface area (Å²) >= 11 is 1.60. The van der Waals surface area contributed by atoms with Gasteiger partial charge < -0.3 is 0 Å². The van der Waals surface area contributed by atoms with Crippen LogP contribution in [0.4, 0.5) is 0 Å². The zero-order chi connectivity index (χ0) is 16.5. The summed E-state index contributed by atoms with van der Waals surface area (Å²) in [5, 5.41) is 0.922. The number of amides is 2. The molecule has 0 bridgehead atoms. The van der Waals surface area contributed by atoms with Gasteiger partial charge in [-0.3, -0.25) is 14.5 Å². The summed E-state index contributed by atoms with van der Waals surface area (Å²) in [5.74, 6) is -0.425. The largest absolute Gasteiger partial charge is 0.274 e. The van der Waals surface area contributed by atoms with Crippen molar-refractivity contribution >= 4 is 23.2 Å². The first-order valence-electron chi connectivity index (χ1n) is 7.69. The highest BCUT2D eigenvalue weighted by Gasteiger charge is 2.34. The molecule has 1 aliphatic rings. The van der Waals surface area contributed by atoms with Gasteiger partial charge in [-0.2, -0.15) is 0 Å². The van der Waals surface area contributed by atoms with Crippen LogP contribution in [0.25, 0.3) is 10.4 Å². The van der Waals surface area contributed by atoms with Gasteiger partial charge in [-0.05, 0) is 17.7 Å². The lowest BCUT2D eigenvalue weighted by atomic mass is 10.1. The molecule has 0 saturated heterocycles. The highest BCUT2D eigenvalue weighted by atomic mass is 32.1. The number of carbonyl (C=O) groups is 2. The third kappa shape index (κ3) is 2.53. The van der Waals surface area contributed by atoms with Gasteiger partial charge in [-0.1, -0.05) is 42.5 Å². The Morgan fingerprint density at radius 1 is 0.875 bits per heavy atom. The fourth-order valence-corrected chi connectivity index (χ4v) is 3.72. The summed E-state index contributed by atoms with van der Waals surface area (Å²) in [5.41, 5.74) is 2.11. The Balaban J connectivity index is 1.48. The van der Waals surface area contributed by atoms with Gasteiger partial charge in [0.15, 0.2) is 0 Å². The van der Waals surface area contributed by atoms with E-state index in [0.717, 1.165) is 15.4 Å². The van der Waals surface area contributed by atoms with E-state index < -0.39 is 0 Å². The fraction of sp³-hybridized carbons (Fsp3) is 0.105. The molecule has 3 aromatic rings. The Kier molecular flexibility index (Phi) is 3.70. The number of thiazole rings is 1. The van der Waals surface area contributed by atoms with Crippen molar-refractivity contribution in [1.82, 2.24) is 9.88 Å². The molecule has 0 spiro atoms. The molecule has 2 amide bonds. The molecule has 118 valence electrons. The summed E-state index contributed by atoms with van der Waals surface area (Å²) in [4.78, 5) is 31.5. The summed E-state index contributed by atoms with van der Waals surface area (Å²) < 4.78 is 0. The Bertz CT molecular complexity index is 883. The van der Waals surface area contributed by atoms with Gasteiger partial charge in [-0.25, -0.2) is 4.98 Å². The van der Waals surface area contributed by atoms with Crippen LogP contribution in [-0.4, -0.2) is 28.2 Å². The molecular weight excluding hydrogens is 320 g/mol. The van der Waals surface area contributed by atoms with Crippen molar-refractivity contribution in [3.8, 4) is 10.4 Å². The van der Waals surface area contributed by atoms with Gasteiger partial charge in [0.1, 0.15) is 0 Å². The lowest BCUT2D eigenvalue weighted by molar-refractivity contribution is 0.0656. The van der Waals surface area contributed by atoms with Crippen LogP contribution in [0.15, 0.2) is 60.8 Å². The van der Waals surface area contributed by atoms with Crippen molar-refractivity contribution in [2.45, 2.75) is 6.42 Å². The molecule has 24 heavy (non-hydrogen) atoms. The zero-order valence-electron chi connectivity index (χ0n) is 12.8. The second-order valence-electron chi connectivity index (χ2n) is 5.54. The number of nitrogens with zero attached hydrogens (tertiary/aromatic N) is 2. The lowest BCUT2D eigenvalue weighted by Gasteiger charge is -2.12. The van der Waals surface area contributed by atoms with Crippen LogP contribution in [-0.2, 0) is 6.42 Å². The second-order valence-corrected chi connectivity index (χ2v) is 6.66. The molecule has 2 heterocycles. The molecule has 1 aromatic heterocycles. The van der Waals surface area contributed by atoms with E-state index in [1.54, 1.807) is 35.6 Å². The number of benzene rings is 2. The van der Waals surface area contributed by atoms with Crippen molar-refractivity contribution < 1.29 is 9.59 Å². The molecule has 2 aromatic carbocycles. The van der Waals surface area contributed by atoms with Crippen LogP contribution in [0.2, 0.25) is 0 Å². The van der Waals surface area contributed by atoms with E-state index in [0.29, 0.717) is 24.1 Å². The topological polar surface area (TPSA) is 50.3 Å². The molecule has 1 aliphatic heterocycles. The summed E-state index contributed by atoms with van der Waals surface area (Å²) in [6.07, 6.45) is 2.42. The van der Waals surface area contributed by atoms with Gasteiger partial charge in [0.05, 0.1) is 21.0 Å². The fourth-order valence-electron chi connectivity index (χ4n) is 2.81. The van der Waals surface area contributed by atoms with Crippen LogP contribution < -0.4 is 0 Å². The van der Waals surface area contributed by atoms with E-state index >= 15 is 0 Å². The Hall–Kier alpha value is -2.79. The normalized spacial score (nSPS) is 13.4. The van der Waals surface area contributed by atoms with Crippen molar-refractivity contribution in [3.05, 3.63) is 76.9 Å². The number of imide groups is 1. The lowest BCUT2D eigenvalue weighted by Crippen LogP contribution is -2.31. The minimum absolute atomic E-state index is 0.213. The van der Waals surface area contributed by atoms with Gasteiger partial charge in [0, 0.05) is 19.2 Å². The average molecular weight is 334 g/mol. The Morgan fingerprint density at radius 2 is 1.50 bits per heavy atom. The highest BCUT2D eigenvalue weighted by Crippen LogP contribution is 2.27. The van der Waals surface area contributed by atoms with E-state index in [4.69, 9.17) is 0 Å². The standard InChI is InChI=1S/C19H14N2O2S/c22-18-14-8-4-5-9-15(14)19(23)21(18)11-10-17-20-12-16(24-17)13-6-2-1-3-7-13/h1-9,12H,10-11H2. The van der Waals surface area contributed by atoms with E-state index in [1.165, 1.54) is 4.90 Å². The first-order chi connectivity index (χ1) is 11.7. The van der Waals surface area contributed by atoms with Crippen molar-refractivity contribution in [2.75, 3.05) is 6.54 Å². The number of rotatable bonds is 4. The van der Waals surface area contributed by atoms with Gasteiger partial charge in [-0.15, -0.1) is 11.3 Å². The predicted octanol–water partition coefficient (Wildman–Crippen LogP) is 3.65. The zero-order valence-corrected chi connectivity index (χ0v) is 13.6.